The third kappa shape index (κ3) is 2.05. The molecule has 3 nitrogen and oxygen atoms in total. The largest absolute Gasteiger partial charge is 0.437 e. The predicted octanol–water partition coefficient (Wildman–Crippen LogP) is 1.50. The van der Waals surface area contributed by atoms with Gasteiger partial charge in [-0.3, -0.25) is 0 Å². The van der Waals surface area contributed by atoms with Crippen LogP contribution in [0.1, 0.15) is 11.1 Å². The molecule has 0 atom stereocenters. The molecule has 1 aliphatic rings. The molecule has 2 rings (SSSR count). The number of rotatable bonds is 1. The number of benzene rings is 1. The third-order valence-electron chi connectivity index (χ3n) is 2.92. The maximum absolute atomic E-state index is 9.52. The molecular formula is C10H14BBrN2O. The van der Waals surface area contributed by atoms with Crippen molar-refractivity contribution in [2.75, 3.05) is 12.3 Å². The van der Waals surface area contributed by atoms with Crippen LogP contribution in [0.15, 0.2) is 16.6 Å². The molecule has 0 saturated heterocycles. The summed E-state index contributed by atoms with van der Waals surface area (Å²) in [7, 11) is -0.380. The molecule has 0 aliphatic carbocycles. The van der Waals surface area contributed by atoms with Crippen LogP contribution >= 0.6 is 15.9 Å². The van der Waals surface area contributed by atoms with E-state index < -0.39 is 0 Å². The van der Waals surface area contributed by atoms with Crippen molar-refractivity contribution in [1.29, 1.82) is 0 Å². The van der Waals surface area contributed by atoms with Gasteiger partial charge in [0.15, 0.2) is 0 Å². The van der Waals surface area contributed by atoms with Crippen molar-refractivity contribution in [2.24, 2.45) is 0 Å². The van der Waals surface area contributed by atoms with Gasteiger partial charge in [0.25, 0.3) is 0 Å². The first-order valence-electron chi connectivity index (χ1n) is 5.07. The van der Waals surface area contributed by atoms with Gasteiger partial charge < -0.3 is 15.6 Å². The topological polar surface area (TPSA) is 49.5 Å². The highest BCUT2D eigenvalue weighted by molar-refractivity contribution is 9.10. The number of hydrogen-bond acceptors (Lipinski definition) is 3. The molecule has 5 heteroatoms. The second kappa shape index (κ2) is 4.16. The fraction of sp³-hybridized carbons (Fsp3) is 0.400. The van der Waals surface area contributed by atoms with Gasteiger partial charge in [0.1, 0.15) is 0 Å². The van der Waals surface area contributed by atoms with E-state index in [4.69, 9.17) is 5.73 Å². The first-order chi connectivity index (χ1) is 7.09. The van der Waals surface area contributed by atoms with Crippen LogP contribution in [0, 0.1) is 0 Å². The number of nitrogen functional groups attached to an aromatic ring is 1. The second-order valence-corrected chi connectivity index (χ2v) is 4.75. The van der Waals surface area contributed by atoms with Crippen molar-refractivity contribution >= 4 is 28.7 Å². The van der Waals surface area contributed by atoms with E-state index in [1.807, 2.05) is 16.9 Å². The van der Waals surface area contributed by atoms with Gasteiger partial charge in [-0.25, -0.2) is 0 Å². The van der Waals surface area contributed by atoms with Gasteiger partial charge >= 0.3 is 7.05 Å². The molecule has 0 radical (unpaired) electrons. The van der Waals surface area contributed by atoms with E-state index in [1.54, 1.807) is 6.82 Å². The van der Waals surface area contributed by atoms with Crippen LogP contribution in [0.2, 0.25) is 6.82 Å². The Hall–Kier alpha value is -0.515. The van der Waals surface area contributed by atoms with E-state index in [2.05, 4.69) is 15.9 Å². The molecule has 0 aromatic heterocycles. The molecule has 1 aromatic rings. The molecule has 0 fully saturated rings. The van der Waals surface area contributed by atoms with Gasteiger partial charge in [-0.2, -0.15) is 0 Å². The predicted molar refractivity (Wildman–Crippen MR) is 66.5 cm³/mol. The Morgan fingerprint density at radius 1 is 1.53 bits per heavy atom. The molecule has 3 N–H and O–H groups in total. The minimum atomic E-state index is -0.380. The Balaban J connectivity index is 2.32. The molecule has 1 heterocycles. The number of fused-ring (bicyclic) bond motifs is 1. The maximum atomic E-state index is 9.52. The smallest absolute Gasteiger partial charge is 0.376 e. The van der Waals surface area contributed by atoms with Crippen LogP contribution in [-0.4, -0.2) is 23.4 Å². The minimum Gasteiger partial charge on any atom is -0.437 e. The highest BCUT2D eigenvalue weighted by atomic mass is 79.9. The van der Waals surface area contributed by atoms with Crippen LogP contribution < -0.4 is 5.73 Å². The zero-order chi connectivity index (χ0) is 11.0. The Labute approximate surface area is 98.5 Å². The fourth-order valence-electron chi connectivity index (χ4n) is 1.97. The highest BCUT2D eigenvalue weighted by Crippen LogP contribution is 2.31. The summed E-state index contributed by atoms with van der Waals surface area (Å²) in [6.07, 6.45) is 0.936. The summed E-state index contributed by atoms with van der Waals surface area (Å²) in [5.41, 5.74) is 9.16. The molecule has 0 saturated carbocycles. The van der Waals surface area contributed by atoms with Crippen molar-refractivity contribution in [3.8, 4) is 0 Å². The second-order valence-electron chi connectivity index (χ2n) is 3.96. The number of nitrogens with zero attached hydrogens (tertiary/aromatic N) is 1. The highest BCUT2D eigenvalue weighted by Gasteiger charge is 2.23. The van der Waals surface area contributed by atoms with Crippen LogP contribution in [0.3, 0.4) is 0 Å². The van der Waals surface area contributed by atoms with Crippen LogP contribution in [0.4, 0.5) is 5.69 Å². The zero-order valence-electron chi connectivity index (χ0n) is 8.70. The lowest BCUT2D eigenvalue weighted by molar-refractivity contribution is 0.346. The average Bonchev–Trinajstić information content (AvgIpc) is 2.23. The fourth-order valence-corrected chi connectivity index (χ4v) is 2.56. The molecule has 0 amide bonds. The van der Waals surface area contributed by atoms with Crippen LogP contribution in [0.5, 0.6) is 0 Å². The lowest BCUT2D eigenvalue weighted by Gasteiger charge is -2.30. The summed E-state index contributed by atoms with van der Waals surface area (Å²) in [5.74, 6) is 0. The van der Waals surface area contributed by atoms with E-state index in [0.29, 0.717) is 0 Å². The lowest BCUT2D eigenvalue weighted by atomic mass is 9.81. The van der Waals surface area contributed by atoms with E-state index in [-0.39, 0.29) is 7.05 Å². The van der Waals surface area contributed by atoms with Gasteiger partial charge in [-0.1, -0.05) is 6.07 Å². The first-order valence-corrected chi connectivity index (χ1v) is 5.86. The van der Waals surface area contributed by atoms with Crippen molar-refractivity contribution < 1.29 is 5.02 Å². The number of hydrogen-bond donors (Lipinski definition) is 2. The summed E-state index contributed by atoms with van der Waals surface area (Å²) in [4.78, 5) is 2.05. The number of halogens is 1. The Bertz CT molecular complexity index is 384. The van der Waals surface area contributed by atoms with E-state index >= 15 is 0 Å². The summed E-state index contributed by atoms with van der Waals surface area (Å²) in [6, 6.07) is 3.96. The molecule has 0 bridgehead atoms. The average molecular weight is 269 g/mol. The molecule has 1 aromatic carbocycles. The van der Waals surface area contributed by atoms with Gasteiger partial charge in [-0.05, 0) is 52.9 Å². The molecule has 0 spiro atoms. The first kappa shape index (κ1) is 11.0. The van der Waals surface area contributed by atoms with Gasteiger partial charge in [0.2, 0.25) is 0 Å². The zero-order valence-corrected chi connectivity index (χ0v) is 10.3. The SMILES string of the molecule is CB(O)N1CCc2c(ccc(N)c2Br)C1. The van der Waals surface area contributed by atoms with Gasteiger partial charge in [0.05, 0.1) is 0 Å². The Morgan fingerprint density at radius 3 is 2.93 bits per heavy atom. The third-order valence-corrected chi connectivity index (χ3v) is 3.86. The van der Waals surface area contributed by atoms with Crippen LogP contribution in [0.25, 0.3) is 0 Å². The van der Waals surface area contributed by atoms with E-state index in [1.165, 1.54) is 11.1 Å². The van der Waals surface area contributed by atoms with Crippen molar-refractivity contribution in [3.05, 3.63) is 27.7 Å². The van der Waals surface area contributed by atoms with Gasteiger partial charge in [0, 0.05) is 16.7 Å². The summed E-state index contributed by atoms with van der Waals surface area (Å²) < 4.78 is 1.02. The Kier molecular flexibility index (Phi) is 3.04. The monoisotopic (exact) mass is 268 g/mol. The normalized spacial score (nSPS) is 16.2. The van der Waals surface area contributed by atoms with Crippen LogP contribution in [-0.2, 0) is 13.0 Å². The van der Waals surface area contributed by atoms with Crippen molar-refractivity contribution in [1.82, 2.24) is 4.81 Å². The van der Waals surface area contributed by atoms with Gasteiger partial charge in [-0.15, -0.1) is 0 Å². The van der Waals surface area contributed by atoms with E-state index in [0.717, 1.165) is 29.7 Å². The maximum Gasteiger partial charge on any atom is 0.376 e. The quantitative estimate of drug-likeness (QED) is 0.600. The summed E-state index contributed by atoms with van der Waals surface area (Å²) in [5, 5.41) is 9.52. The molecule has 1 aliphatic heterocycles. The Morgan fingerprint density at radius 2 is 2.27 bits per heavy atom. The standard InChI is InChI=1S/C10H14BBrN2O/c1-11(15)14-5-4-8-7(6-14)2-3-9(13)10(8)12/h2-3,15H,4-6,13H2,1H3. The molecule has 80 valence electrons. The summed E-state index contributed by atoms with van der Waals surface area (Å²) in [6.45, 7) is 3.48. The molecule has 0 unspecified atom stereocenters. The van der Waals surface area contributed by atoms with Crippen molar-refractivity contribution in [2.45, 2.75) is 19.8 Å². The number of anilines is 1. The summed E-state index contributed by atoms with van der Waals surface area (Å²) >= 11 is 3.52. The minimum absolute atomic E-state index is 0.380. The van der Waals surface area contributed by atoms with E-state index in [9.17, 15) is 5.02 Å². The molecule has 15 heavy (non-hydrogen) atoms. The van der Waals surface area contributed by atoms with Crippen molar-refractivity contribution in [3.63, 3.8) is 0 Å². The number of nitrogens with two attached hydrogens (primary N) is 1. The lowest BCUT2D eigenvalue weighted by Crippen LogP contribution is -2.40. The molecular weight excluding hydrogens is 255 g/mol.